The van der Waals surface area contributed by atoms with Crippen LogP contribution >= 0.6 is 0 Å². The van der Waals surface area contributed by atoms with Crippen molar-refractivity contribution >= 4 is 28.3 Å². The molecular formula is C35H32FN3O2. The maximum Gasteiger partial charge on any atom is 0.275 e. The number of hydrogen-bond donors (Lipinski definition) is 2. The monoisotopic (exact) mass is 545 g/mol. The summed E-state index contributed by atoms with van der Waals surface area (Å²) in [7, 11) is 0. The highest BCUT2D eigenvalue weighted by Gasteiger charge is 2.36. The van der Waals surface area contributed by atoms with E-state index in [0.717, 1.165) is 54.1 Å². The third-order valence-corrected chi connectivity index (χ3v) is 7.89. The van der Waals surface area contributed by atoms with Crippen molar-refractivity contribution in [2.45, 2.75) is 44.2 Å². The average molecular weight is 546 g/mol. The lowest BCUT2D eigenvalue weighted by Gasteiger charge is -2.34. The van der Waals surface area contributed by atoms with Gasteiger partial charge in [0.2, 0.25) is 5.91 Å². The van der Waals surface area contributed by atoms with Crippen LogP contribution in [0.1, 0.15) is 54.2 Å². The van der Waals surface area contributed by atoms with Crippen LogP contribution in [-0.2, 0) is 4.79 Å². The average Bonchev–Trinajstić information content (AvgIpc) is 3.52. The number of aromatic nitrogens is 1. The second-order valence-electron chi connectivity index (χ2n) is 10.6. The summed E-state index contributed by atoms with van der Waals surface area (Å²) in [5.74, 6) is -1.03. The highest BCUT2D eigenvalue weighted by Crippen LogP contribution is 2.36. The first-order chi connectivity index (χ1) is 20.1. The molecule has 5 nitrogen and oxygen atoms in total. The van der Waals surface area contributed by atoms with Crippen LogP contribution in [0, 0.1) is 5.82 Å². The highest BCUT2D eigenvalue weighted by atomic mass is 19.1. The van der Waals surface area contributed by atoms with Gasteiger partial charge in [0, 0.05) is 17.1 Å². The number of rotatable bonds is 7. The van der Waals surface area contributed by atoms with Crippen molar-refractivity contribution in [1.29, 1.82) is 0 Å². The van der Waals surface area contributed by atoms with E-state index in [0.29, 0.717) is 16.9 Å². The summed E-state index contributed by atoms with van der Waals surface area (Å²) in [6.07, 6.45) is 5.08. The topological polar surface area (TPSA) is 65.2 Å². The molecule has 1 aromatic heterocycles. The molecule has 0 bridgehead atoms. The molecule has 206 valence electrons. The van der Waals surface area contributed by atoms with Gasteiger partial charge >= 0.3 is 0 Å². The molecule has 1 aliphatic carbocycles. The number of nitrogens with one attached hydrogen (secondary N) is 2. The lowest BCUT2D eigenvalue weighted by molar-refractivity contribution is -0.123. The van der Waals surface area contributed by atoms with Crippen molar-refractivity contribution in [3.05, 3.63) is 126 Å². The number of fused-ring (bicyclic) bond motifs is 1. The Morgan fingerprint density at radius 3 is 2.27 bits per heavy atom. The van der Waals surface area contributed by atoms with Gasteiger partial charge < -0.3 is 10.3 Å². The van der Waals surface area contributed by atoms with E-state index in [1.165, 1.54) is 12.1 Å². The van der Waals surface area contributed by atoms with Gasteiger partial charge in [-0.2, -0.15) is 0 Å². The summed E-state index contributed by atoms with van der Waals surface area (Å²) in [5.41, 5.74) is 3.26. The minimum atomic E-state index is -1.01. The third kappa shape index (κ3) is 5.64. The van der Waals surface area contributed by atoms with Gasteiger partial charge in [-0.3, -0.25) is 14.5 Å². The molecule has 0 unspecified atom stereocenters. The van der Waals surface area contributed by atoms with E-state index >= 15 is 0 Å². The van der Waals surface area contributed by atoms with E-state index in [4.69, 9.17) is 0 Å². The van der Waals surface area contributed by atoms with Gasteiger partial charge in [-0.15, -0.1) is 0 Å². The lowest BCUT2D eigenvalue weighted by Crippen LogP contribution is -2.47. The van der Waals surface area contributed by atoms with Gasteiger partial charge in [0.15, 0.2) is 0 Å². The molecule has 1 aliphatic rings. The number of carbonyl (C=O) groups excluding carboxylic acids is 2. The Hall–Kier alpha value is -4.71. The molecule has 0 spiro atoms. The van der Waals surface area contributed by atoms with E-state index in [1.54, 1.807) is 23.1 Å². The minimum Gasteiger partial charge on any atom is -0.351 e. The van der Waals surface area contributed by atoms with Crippen LogP contribution in [0.5, 0.6) is 0 Å². The number of amides is 2. The smallest absolute Gasteiger partial charge is 0.275 e. The first kappa shape index (κ1) is 26.5. The molecule has 0 aliphatic heterocycles. The molecule has 1 saturated carbocycles. The maximum absolute atomic E-state index is 14.6. The van der Waals surface area contributed by atoms with Crippen molar-refractivity contribution in [3.8, 4) is 11.3 Å². The molecule has 41 heavy (non-hydrogen) atoms. The van der Waals surface area contributed by atoms with E-state index in [9.17, 15) is 14.0 Å². The van der Waals surface area contributed by atoms with E-state index in [-0.39, 0.29) is 17.9 Å². The molecule has 6 rings (SSSR count). The number of H-pyrrole nitrogens is 1. The molecule has 4 aromatic carbocycles. The van der Waals surface area contributed by atoms with Gasteiger partial charge in [0.1, 0.15) is 17.6 Å². The molecule has 6 heteroatoms. The summed E-state index contributed by atoms with van der Waals surface area (Å²) in [6.45, 7) is 0. The Morgan fingerprint density at radius 2 is 1.49 bits per heavy atom. The van der Waals surface area contributed by atoms with Crippen LogP contribution in [-0.4, -0.2) is 22.8 Å². The Morgan fingerprint density at radius 1 is 0.780 bits per heavy atom. The Kier molecular flexibility index (Phi) is 7.63. The third-order valence-electron chi connectivity index (χ3n) is 7.89. The molecule has 0 saturated heterocycles. The van der Waals surface area contributed by atoms with Crippen LogP contribution in [0.25, 0.3) is 22.0 Å². The Labute approximate surface area is 239 Å². The number of anilines is 1. The first-order valence-electron chi connectivity index (χ1n) is 14.2. The van der Waals surface area contributed by atoms with Gasteiger partial charge in [-0.05, 0) is 59.7 Å². The van der Waals surface area contributed by atoms with Crippen LogP contribution in [0.3, 0.4) is 0 Å². The van der Waals surface area contributed by atoms with Crippen molar-refractivity contribution in [2.75, 3.05) is 4.90 Å². The van der Waals surface area contributed by atoms with Crippen molar-refractivity contribution in [3.63, 3.8) is 0 Å². The second kappa shape index (κ2) is 11.8. The molecule has 1 fully saturated rings. The van der Waals surface area contributed by atoms with Gasteiger partial charge in [0.25, 0.3) is 5.91 Å². The summed E-state index contributed by atoms with van der Waals surface area (Å²) < 4.78 is 14.1. The fourth-order valence-electron chi connectivity index (χ4n) is 5.81. The van der Waals surface area contributed by atoms with Crippen LogP contribution in [0.15, 0.2) is 109 Å². The van der Waals surface area contributed by atoms with Gasteiger partial charge in [-0.25, -0.2) is 4.39 Å². The molecule has 5 aromatic rings. The fourth-order valence-corrected chi connectivity index (χ4v) is 5.81. The predicted octanol–water partition coefficient (Wildman–Crippen LogP) is 7.81. The van der Waals surface area contributed by atoms with Crippen molar-refractivity contribution < 1.29 is 14.0 Å². The number of nitrogens with zero attached hydrogens (tertiary/aromatic N) is 1. The predicted molar refractivity (Wildman–Crippen MR) is 161 cm³/mol. The Bertz CT molecular complexity index is 1650. The maximum atomic E-state index is 14.6. The van der Waals surface area contributed by atoms with Crippen LogP contribution in [0.4, 0.5) is 10.1 Å². The summed E-state index contributed by atoms with van der Waals surface area (Å²) in [6, 6.07) is 31.8. The number of hydrogen-bond acceptors (Lipinski definition) is 2. The quantitative estimate of drug-likeness (QED) is 0.219. The molecule has 1 atom stereocenters. The fraction of sp³-hybridized carbons (Fsp3) is 0.200. The van der Waals surface area contributed by atoms with Crippen molar-refractivity contribution in [2.24, 2.45) is 0 Å². The number of benzene rings is 4. The van der Waals surface area contributed by atoms with E-state index in [2.05, 4.69) is 10.3 Å². The van der Waals surface area contributed by atoms with E-state index < -0.39 is 11.9 Å². The minimum absolute atomic E-state index is 0.0406. The first-order valence-corrected chi connectivity index (χ1v) is 14.2. The zero-order valence-corrected chi connectivity index (χ0v) is 22.7. The molecule has 2 amide bonds. The van der Waals surface area contributed by atoms with Crippen LogP contribution in [0.2, 0.25) is 0 Å². The SMILES string of the molecule is O=C(NC1CCCCC1)[C@@H](c1ccc(F)cc1)N(C(=O)c1ccc(-c2ccccc2)[nH]1)c1cccc2ccccc12. The molecule has 1 heterocycles. The summed E-state index contributed by atoms with van der Waals surface area (Å²) in [4.78, 5) is 33.6. The highest BCUT2D eigenvalue weighted by molar-refractivity contribution is 6.13. The van der Waals surface area contributed by atoms with Gasteiger partial charge in [-0.1, -0.05) is 98.1 Å². The second-order valence-corrected chi connectivity index (χ2v) is 10.6. The number of halogens is 1. The van der Waals surface area contributed by atoms with Gasteiger partial charge in [0.05, 0.1) is 5.69 Å². The summed E-state index contributed by atoms with van der Waals surface area (Å²) >= 11 is 0. The van der Waals surface area contributed by atoms with E-state index in [1.807, 2.05) is 78.9 Å². The molecule has 2 N–H and O–H groups in total. The standard InChI is InChI=1S/C35H32FN3O2/c36-27-20-18-26(19-21-27)33(34(40)37-28-14-5-2-6-15-28)39(32-17-9-13-24-10-7-8-16-29(24)32)35(41)31-23-22-30(38-31)25-11-3-1-4-12-25/h1,3-4,7-13,16-23,28,33,38H,2,5-6,14-15H2,(H,37,40)/t33-/m1/s1. The zero-order valence-electron chi connectivity index (χ0n) is 22.7. The number of carbonyl (C=O) groups is 2. The largest absolute Gasteiger partial charge is 0.351 e. The number of aromatic amines is 1. The summed E-state index contributed by atoms with van der Waals surface area (Å²) in [5, 5.41) is 5.02. The van der Waals surface area contributed by atoms with Crippen LogP contribution < -0.4 is 10.2 Å². The normalized spacial score (nSPS) is 14.5. The molecular weight excluding hydrogens is 513 g/mol. The lowest BCUT2D eigenvalue weighted by atomic mass is 9.94. The van der Waals surface area contributed by atoms with Crippen molar-refractivity contribution in [1.82, 2.24) is 10.3 Å². The Balaban J connectivity index is 1.49. The molecule has 0 radical (unpaired) electrons. The zero-order chi connectivity index (χ0) is 28.2.